The fraction of sp³-hybridized carbons (Fsp3) is 0.417. The fourth-order valence-corrected chi connectivity index (χ4v) is 4.07. The highest BCUT2D eigenvalue weighted by Gasteiger charge is 2.33. The number of halogens is 1. The second-order valence-corrected chi connectivity index (χ2v) is 8.83. The molecule has 160 valence electrons. The van der Waals surface area contributed by atoms with Crippen molar-refractivity contribution in [3.63, 3.8) is 0 Å². The van der Waals surface area contributed by atoms with Crippen molar-refractivity contribution in [2.45, 2.75) is 52.6 Å². The minimum absolute atomic E-state index is 0.00262. The maximum Gasteiger partial charge on any atom is 0.251 e. The lowest BCUT2D eigenvalue weighted by Crippen LogP contribution is -2.43. The number of nitrogens with one attached hydrogen (secondary N) is 2. The second kappa shape index (κ2) is 9.52. The third-order valence-electron chi connectivity index (χ3n) is 5.47. The lowest BCUT2D eigenvalue weighted by Gasteiger charge is -2.39. The van der Waals surface area contributed by atoms with Gasteiger partial charge in [0.25, 0.3) is 5.91 Å². The quantitative estimate of drug-likeness (QED) is 0.647. The van der Waals surface area contributed by atoms with Crippen molar-refractivity contribution in [1.82, 2.24) is 5.32 Å². The van der Waals surface area contributed by atoms with E-state index in [9.17, 15) is 9.59 Å². The second-order valence-electron chi connectivity index (χ2n) is 8.39. The van der Waals surface area contributed by atoms with Crippen LogP contribution in [0.25, 0.3) is 0 Å². The SMILES string of the molecule is CC(=O)N1c2ccc(C(=O)NCCC(C)C)cc2[C@H](Nc2ccc(Cl)cc2)C[C@@H]1C. The summed E-state index contributed by atoms with van der Waals surface area (Å²) in [5.41, 5.74) is 3.37. The number of hydrogen-bond donors (Lipinski definition) is 2. The summed E-state index contributed by atoms with van der Waals surface area (Å²) in [6.07, 6.45) is 1.68. The number of nitrogens with zero attached hydrogens (tertiary/aromatic N) is 1. The molecule has 6 heteroatoms. The van der Waals surface area contributed by atoms with Crippen LogP contribution in [0.4, 0.5) is 11.4 Å². The Morgan fingerprint density at radius 3 is 2.50 bits per heavy atom. The summed E-state index contributed by atoms with van der Waals surface area (Å²) in [6.45, 7) is 8.55. The third kappa shape index (κ3) is 5.14. The minimum atomic E-state index is -0.0864. The first kappa shape index (κ1) is 22.2. The normalized spacial score (nSPS) is 18.1. The molecule has 1 heterocycles. The molecule has 5 nitrogen and oxygen atoms in total. The van der Waals surface area contributed by atoms with Gasteiger partial charge >= 0.3 is 0 Å². The van der Waals surface area contributed by atoms with Gasteiger partial charge in [0.05, 0.1) is 6.04 Å². The van der Waals surface area contributed by atoms with Gasteiger partial charge < -0.3 is 15.5 Å². The van der Waals surface area contributed by atoms with E-state index in [1.54, 1.807) is 13.0 Å². The Hall–Kier alpha value is -2.53. The Bertz CT molecular complexity index is 911. The summed E-state index contributed by atoms with van der Waals surface area (Å²) in [5, 5.41) is 7.23. The van der Waals surface area contributed by atoms with Crippen molar-refractivity contribution in [2.24, 2.45) is 5.92 Å². The average Bonchev–Trinajstić information content (AvgIpc) is 2.68. The maximum atomic E-state index is 12.7. The molecule has 0 saturated carbocycles. The van der Waals surface area contributed by atoms with E-state index < -0.39 is 0 Å². The molecule has 2 aromatic rings. The number of rotatable bonds is 6. The monoisotopic (exact) mass is 427 g/mol. The fourth-order valence-electron chi connectivity index (χ4n) is 3.95. The van der Waals surface area contributed by atoms with Crippen molar-refractivity contribution in [3.8, 4) is 0 Å². The zero-order chi connectivity index (χ0) is 21.8. The van der Waals surface area contributed by atoms with Gasteiger partial charge in [0.15, 0.2) is 0 Å². The zero-order valence-corrected chi connectivity index (χ0v) is 18.8. The molecule has 2 atom stereocenters. The van der Waals surface area contributed by atoms with Crippen LogP contribution in [-0.4, -0.2) is 24.4 Å². The van der Waals surface area contributed by atoms with Crippen LogP contribution in [0.2, 0.25) is 5.02 Å². The van der Waals surface area contributed by atoms with E-state index in [2.05, 4.69) is 24.5 Å². The predicted octanol–water partition coefficient (Wildman–Crippen LogP) is 5.41. The molecule has 2 N–H and O–H groups in total. The van der Waals surface area contributed by atoms with Crippen LogP contribution in [0, 0.1) is 5.92 Å². The lowest BCUT2D eigenvalue weighted by atomic mass is 9.90. The molecule has 3 rings (SSSR count). The molecule has 0 spiro atoms. The molecule has 0 unspecified atom stereocenters. The molecule has 1 aliphatic heterocycles. The van der Waals surface area contributed by atoms with Gasteiger partial charge in [-0.05, 0) is 73.7 Å². The van der Waals surface area contributed by atoms with Gasteiger partial charge in [-0.1, -0.05) is 25.4 Å². The van der Waals surface area contributed by atoms with Crippen LogP contribution < -0.4 is 15.5 Å². The first-order valence-electron chi connectivity index (χ1n) is 10.5. The molecule has 0 saturated heterocycles. The van der Waals surface area contributed by atoms with Crippen LogP contribution in [0.3, 0.4) is 0 Å². The van der Waals surface area contributed by atoms with E-state index in [0.29, 0.717) is 23.0 Å². The van der Waals surface area contributed by atoms with E-state index in [1.165, 1.54) is 0 Å². The topological polar surface area (TPSA) is 61.4 Å². The number of benzene rings is 2. The van der Waals surface area contributed by atoms with Crippen LogP contribution >= 0.6 is 11.6 Å². The molecule has 0 fully saturated rings. The van der Waals surface area contributed by atoms with Gasteiger partial charge in [0.2, 0.25) is 5.91 Å². The molecule has 30 heavy (non-hydrogen) atoms. The molecule has 0 radical (unpaired) electrons. The van der Waals surface area contributed by atoms with Crippen molar-refractivity contribution in [3.05, 3.63) is 58.6 Å². The van der Waals surface area contributed by atoms with Crippen molar-refractivity contribution < 1.29 is 9.59 Å². The average molecular weight is 428 g/mol. The number of anilines is 2. The van der Waals surface area contributed by atoms with Gasteiger partial charge in [-0.2, -0.15) is 0 Å². The van der Waals surface area contributed by atoms with E-state index in [4.69, 9.17) is 11.6 Å². The largest absolute Gasteiger partial charge is 0.378 e. The smallest absolute Gasteiger partial charge is 0.251 e. The molecular weight excluding hydrogens is 398 g/mol. The summed E-state index contributed by atoms with van der Waals surface area (Å²) >= 11 is 6.01. The number of carbonyl (C=O) groups excluding carboxylic acids is 2. The van der Waals surface area contributed by atoms with E-state index in [-0.39, 0.29) is 23.9 Å². The van der Waals surface area contributed by atoms with Crippen LogP contribution in [0.1, 0.15) is 62.5 Å². The Kier molecular flexibility index (Phi) is 7.03. The molecule has 0 aliphatic carbocycles. The van der Waals surface area contributed by atoms with Crippen LogP contribution in [0.15, 0.2) is 42.5 Å². The molecule has 1 aliphatic rings. The highest BCUT2D eigenvalue weighted by Crippen LogP contribution is 2.39. The summed E-state index contributed by atoms with van der Waals surface area (Å²) in [6, 6.07) is 13.2. The number of fused-ring (bicyclic) bond motifs is 1. The van der Waals surface area contributed by atoms with Crippen molar-refractivity contribution in [1.29, 1.82) is 0 Å². The van der Waals surface area contributed by atoms with Gasteiger partial charge in [-0.15, -0.1) is 0 Å². The summed E-state index contributed by atoms with van der Waals surface area (Å²) in [7, 11) is 0. The Morgan fingerprint density at radius 1 is 1.17 bits per heavy atom. The van der Waals surface area contributed by atoms with Crippen LogP contribution in [-0.2, 0) is 4.79 Å². The first-order chi connectivity index (χ1) is 14.3. The molecule has 0 aromatic heterocycles. The van der Waals surface area contributed by atoms with E-state index in [1.807, 2.05) is 48.2 Å². The zero-order valence-electron chi connectivity index (χ0n) is 18.0. The van der Waals surface area contributed by atoms with E-state index >= 15 is 0 Å². The maximum absolute atomic E-state index is 12.7. The van der Waals surface area contributed by atoms with Gasteiger partial charge in [-0.3, -0.25) is 9.59 Å². The van der Waals surface area contributed by atoms with Crippen molar-refractivity contribution in [2.75, 3.05) is 16.8 Å². The highest BCUT2D eigenvalue weighted by atomic mass is 35.5. The lowest BCUT2D eigenvalue weighted by molar-refractivity contribution is -0.117. The van der Waals surface area contributed by atoms with Crippen molar-refractivity contribution >= 4 is 34.8 Å². The Balaban J connectivity index is 1.91. The first-order valence-corrected chi connectivity index (χ1v) is 10.9. The van der Waals surface area contributed by atoms with Gasteiger partial charge in [0, 0.05) is 41.5 Å². The molecular formula is C24H30ClN3O2. The van der Waals surface area contributed by atoms with E-state index in [0.717, 1.165) is 29.8 Å². The summed E-state index contributed by atoms with van der Waals surface area (Å²) in [4.78, 5) is 26.8. The minimum Gasteiger partial charge on any atom is -0.378 e. The molecule has 0 bridgehead atoms. The highest BCUT2D eigenvalue weighted by molar-refractivity contribution is 6.30. The standard InChI is InChI=1S/C24H30ClN3O2/c1-15(2)11-12-26-24(30)18-5-10-23-21(14-18)22(13-16(3)28(23)17(4)29)27-20-8-6-19(25)7-9-20/h5-10,14-16,22,27H,11-13H2,1-4H3,(H,26,30)/t16-,22+/m0/s1. The Labute approximate surface area is 183 Å². The van der Waals surface area contributed by atoms with Gasteiger partial charge in [0.1, 0.15) is 0 Å². The number of hydrogen-bond acceptors (Lipinski definition) is 3. The summed E-state index contributed by atoms with van der Waals surface area (Å²) in [5.74, 6) is 0.451. The predicted molar refractivity (Wildman–Crippen MR) is 123 cm³/mol. The Morgan fingerprint density at radius 2 is 1.87 bits per heavy atom. The van der Waals surface area contributed by atoms with Crippen LogP contribution in [0.5, 0.6) is 0 Å². The summed E-state index contributed by atoms with van der Waals surface area (Å²) < 4.78 is 0. The third-order valence-corrected chi connectivity index (χ3v) is 5.73. The molecule has 2 aromatic carbocycles. The molecule has 2 amide bonds. The number of carbonyl (C=O) groups is 2. The van der Waals surface area contributed by atoms with Gasteiger partial charge in [-0.25, -0.2) is 0 Å². The number of amides is 2.